The summed E-state index contributed by atoms with van der Waals surface area (Å²) in [5, 5.41) is 7.91. The van der Waals surface area contributed by atoms with Crippen molar-refractivity contribution in [1.82, 2.24) is 19.7 Å². The molecule has 21 heavy (non-hydrogen) atoms. The molecule has 7 heteroatoms. The summed E-state index contributed by atoms with van der Waals surface area (Å²) in [5.74, 6) is 0.758. The third kappa shape index (κ3) is 4.01. The predicted molar refractivity (Wildman–Crippen MR) is 76.6 cm³/mol. The lowest BCUT2D eigenvalue weighted by atomic mass is 10.2. The first-order valence-electron chi connectivity index (χ1n) is 7.49. The SMILES string of the molecule is CCCCO[C@H](C)C(=O)N1CCO[C@@H](c2nncn2C)C1. The van der Waals surface area contributed by atoms with Gasteiger partial charge in [0.2, 0.25) is 0 Å². The van der Waals surface area contributed by atoms with Gasteiger partial charge in [-0.25, -0.2) is 0 Å². The Morgan fingerprint density at radius 2 is 2.43 bits per heavy atom. The molecule has 1 fully saturated rings. The first kappa shape index (κ1) is 15.9. The van der Waals surface area contributed by atoms with Gasteiger partial charge < -0.3 is 18.9 Å². The number of amides is 1. The summed E-state index contributed by atoms with van der Waals surface area (Å²) in [6, 6.07) is 0. The molecule has 2 atom stereocenters. The number of carbonyl (C=O) groups excluding carboxylic acids is 1. The quantitative estimate of drug-likeness (QED) is 0.730. The lowest BCUT2D eigenvalue weighted by molar-refractivity contribution is -0.150. The summed E-state index contributed by atoms with van der Waals surface area (Å²) in [6.07, 6.45) is 3.04. The van der Waals surface area contributed by atoms with E-state index in [1.54, 1.807) is 11.2 Å². The van der Waals surface area contributed by atoms with Crippen LogP contribution >= 0.6 is 0 Å². The molecule has 118 valence electrons. The Labute approximate surface area is 125 Å². The molecule has 1 aliphatic rings. The number of aryl methyl sites for hydroxylation is 1. The Hall–Kier alpha value is -1.47. The summed E-state index contributed by atoms with van der Waals surface area (Å²) >= 11 is 0. The van der Waals surface area contributed by atoms with Crippen LogP contribution in [0.15, 0.2) is 6.33 Å². The van der Waals surface area contributed by atoms with E-state index < -0.39 is 6.10 Å². The normalized spacial score (nSPS) is 20.5. The predicted octanol–water partition coefficient (Wildman–Crippen LogP) is 0.920. The van der Waals surface area contributed by atoms with Gasteiger partial charge in [0.05, 0.1) is 13.2 Å². The van der Waals surface area contributed by atoms with Crippen LogP contribution in [0.5, 0.6) is 0 Å². The van der Waals surface area contributed by atoms with Crippen LogP contribution in [0.25, 0.3) is 0 Å². The van der Waals surface area contributed by atoms with Crippen molar-refractivity contribution in [3.8, 4) is 0 Å². The van der Waals surface area contributed by atoms with Crippen LogP contribution in [0, 0.1) is 0 Å². The summed E-state index contributed by atoms with van der Waals surface area (Å²) < 4.78 is 13.1. The van der Waals surface area contributed by atoms with Gasteiger partial charge in [0.25, 0.3) is 5.91 Å². The molecule has 0 unspecified atom stereocenters. The number of ether oxygens (including phenoxy) is 2. The molecule has 0 bridgehead atoms. The third-order valence-corrected chi connectivity index (χ3v) is 3.63. The molecule has 1 aromatic rings. The van der Waals surface area contributed by atoms with Gasteiger partial charge in [-0.1, -0.05) is 13.3 Å². The van der Waals surface area contributed by atoms with Gasteiger partial charge in [0.1, 0.15) is 18.5 Å². The molecule has 0 saturated carbocycles. The van der Waals surface area contributed by atoms with E-state index in [0.29, 0.717) is 26.3 Å². The molecule has 0 spiro atoms. The second-order valence-corrected chi connectivity index (χ2v) is 5.31. The van der Waals surface area contributed by atoms with E-state index in [1.165, 1.54) is 0 Å². The van der Waals surface area contributed by atoms with Crippen LogP contribution in [-0.2, 0) is 21.3 Å². The van der Waals surface area contributed by atoms with Crippen molar-refractivity contribution in [2.75, 3.05) is 26.3 Å². The average Bonchev–Trinajstić information content (AvgIpc) is 2.93. The van der Waals surface area contributed by atoms with Crippen LogP contribution in [0.2, 0.25) is 0 Å². The summed E-state index contributed by atoms with van der Waals surface area (Å²) in [7, 11) is 1.87. The molecule has 1 saturated heterocycles. The fourth-order valence-electron chi connectivity index (χ4n) is 2.32. The molecule has 0 aromatic carbocycles. The second-order valence-electron chi connectivity index (χ2n) is 5.31. The van der Waals surface area contributed by atoms with Gasteiger partial charge in [-0.05, 0) is 13.3 Å². The first-order valence-corrected chi connectivity index (χ1v) is 7.49. The molecule has 1 aromatic heterocycles. The minimum Gasteiger partial charge on any atom is -0.369 e. The van der Waals surface area contributed by atoms with E-state index in [2.05, 4.69) is 17.1 Å². The van der Waals surface area contributed by atoms with Crippen molar-refractivity contribution in [1.29, 1.82) is 0 Å². The van der Waals surface area contributed by atoms with E-state index in [-0.39, 0.29) is 12.0 Å². The molecule has 0 N–H and O–H groups in total. The van der Waals surface area contributed by atoms with Crippen LogP contribution in [-0.4, -0.2) is 58.0 Å². The summed E-state index contributed by atoms with van der Waals surface area (Å²) in [5.41, 5.74) is 0. The summed E-state index contributed by atoms with van der Waals surface area (Å²) in [4.78, 5) is 14.2. The Morgan fingerprint density at radius 1 is 1.62 bits per heavy atom. The number of carbonyl (C=O) groups is 1. The Morgan fingerprint density at radius 3 is 3.10 bits per heavy atom. The highest BCUT2D eigenvalue weighted by Gasteiger charge is 2.30. The number of hydrogen-bond donors (Lipinski definition) is 0. The number of morpholine rings is 1. The molecule has 0 radical (unpaired) electrons. The number of hydrogen-bond acceptors (Lipinski definition) is 5. The number of unbranched alkanes of at least 4 members (excludes halogenated alkanes) is 1. The van der Waals surface area contributed by atoms with E-state index >= 15 is 0 Å². The molecule has 0 aliphatic carbocycles. The van der Waals surface area contributed by atoms with Gasteiger partial charge in [0.15, 0.2) is 5.82 Å². The van der Waals surface area contributed by atoms with Crippen molar-refractivity contribution in [2.45, 2.75) is 38.9 Å². The maximum Gasteiger partial charge on any atom is 0.251 e. The van der Waals surface area contributed by atoms with Gasteiger partial charge in [-0.3, -0.25) is 4.79 Å². The van der Waals surface area contributed by atoms with Crippen LogP contribution in [0.4, 0.5) is 0 Å². The van der Waals surface area contributed by atoms with Crippen LogP contribution in [0.3, 0.4) is 0 Å². The lowest BCUT2D eigenvalue weighted by Crippen LogP contribution is -2.47. The molecular weight excluding hydrogens is 272 g/mol. The number of rotatable bonds is 6. The Bertz CT molecular complexity index is 463. The fourth-order valence-corrected chi connectivity index (χ4v) is 2.32. The van der Waals surface area contributed by atoms with Gasteiger partial charge in [-0.15, -0.1) is 10.2 Å². The van der Waals surface area contributed by atoms with Gasteiger partial charge in [0, 0.05) is 20.2 Å². The van der Waals surface area contributed by atoms with Gasteiger partial charge >= 0.3 is 0 Å². The van der Waals surface area contributed by atoms with E-state index in [4.69, 9.17) is 9.47 Å². The van der Waals surface area contributed by atoms with Crippen molar-refractivity contribution >= 4 is 5.91 Å². The van der Waals surface area contributed by atoms with Crippen LogP contribution in [0.1, 0.15) is 38.6 Å². The van der Waals surface area contributed by atoms with Gasteiger partial charge in [-0.2, -0.15) is 0 Å². The van der Waals surface area contributed by atoms with Crippen LogP contribution < -0.4 is 0 Å². The smallest absolute Gasteiger partial charge is 0.251 e. The molecule has 1 aliphatic heterocycles. The maximum atomic E-state index is 12.4. The number of aromatic nitrogens is 3. The van der Waals surface area contributed by atoms with Crippen molar-refractivity contribution in [2.24, 2.45) is 7.05 Å². The highest BCUT2D eigenvalue weighted by Crippen LogP contribution is 2.20. The maximum absolute atomic E-state index is 12.4. The zero-order valence-corrected chi connectivity index (χ0v) is 13.0. The van der Waals surface area contributed by atoms with Crippen molar-refractivity contribution in [3.05, 3.63) is 12.2 Å². The Kier molecular flexibility index (Phi) is 5.69. The fraction of sp³-hybridized carbons (Fsp3) is 0.786. The zero-order chi connectivity index (χ0) is 15.2. The lowest BCUT2D eigenvalue weighted by Gasteiger charge is -2.33. The van der Waals surface area contributed by atoms with E-state index in [1.807, 2.05) is 18.5 Å². The van der Waals surface area contributed by atoms with Crippen molar-refractivity contribution < 1.29 is 14.3 Å². The third-order valence-electron chi connectivity index (χ3n) is 3.63. The zero-order valence-electron chi connectivity index (χ0n) is 13.0. The topological polar surface area (TPSA) is 69.5 Å². The first-order chi connectivity index (χ1) is 10.1. The minimum atomic E-state index is -0.408. The monoisotopic (exact) mass is 296 g/mol. The summed E-state index contributed by atoms with van der Waals surface area (Å²) in [6.45, 7) is 6.13. The molecule has 2 rings (SSSR count). The van der Waals surface area contributed by atoms with Crippen molar-refractivity contribution in [3.63, 3.8) is 0 Å². The Balaban J connectivity index is 1.91. The standard InChI is InChI=1S/C14H24N4O3/c1-4-5-7-20-11(2)14(19)18-6-8-21-12(9-18)13-16-15-10-17(13)3/h10-12H,4-9H2,1-3H3/t11-,12-/m1/s1. The van der Waals surface area contributed by atoms with E-state index in [9.17, 15) is 4.79 Å². The van der Waals surface area contributed by atoms with E-state index in [0.717, 1.165) is 18.7 Å². The second kappa shape index (κ2) is 7.51. The highest BCUT2D eigenvalue weighted by molar-refractivity contribution is 5.80. The highest BCUT2D eigenvalue weighted by atomic mass is 16.5. The average molecular weight is 296 g/mol. The minimum absolute atomic E-state index is 0.0153. The molecular formula is C14H24N4O3. The molecule has 2 heterocycles. The molecule has 7 nitrogen and oxygen atoms in total. The number of nitrogens with zero attached hydrogens (tertiary/aromatic N) is 4. The largest absolute Gasteiger partial charge is 0.369 e. The molecule has 1 amide bonds.